The molecule has 0 unspecified atom stereocenters. The van der Waals surface area contributed by atoms with Crippen LogP contribution in [0, 0.1) is 0 Å². The summed E-state index contributed by atoms with van der Waals surface area (Å²) in [4.78, 5) is 40.7. The van der Waals surface area contributed by atoms with Gasteiger partial charge in [0.2, 0.25) is 6.08 Å². The maximum Gasteiger partial charge on any atom is 0.261 e. The van der Waals surface area contributed by atoms with Crippen LogP contribution in [0.2, 0.25) is 0 Å². The molecule has 110 valence electrons. The van der Waals surface area contributed by atoms with Crippen molar-refractivity contribution in [3.8, 4) is 0 Å². The van der Waals surface area contributed by atoms with Crippen molar-refractivity contribution in [3.63, 3.8) is 0 Å². The second kappa shape index (κ2) is 5.54. The van der Waals surface area contributed by atoms with E-state index < -0.39 is 0 Å². The molecule has 2 aromatic carbocycles. The molecule has 0 saturated carbocycles. The van der Waals surface area contributed by atoms with Crippen molar-refractivity contribution < 1.29 is 14.4 Å². The zero-order chi connectivity index (χ0) is 15.7. The third-order valence-electron chi connectivity index (χ3n) is 3.87. The molecule has 3 rings (SSSR count). The lowest BCUT2D eigenvalue weighted by atomic mass is 9.93. The second-order valence-electron chi connectivity index (χ2n) is 5.18. The number of carbonyl (C=O) groups excluding carboxylic acids is 3. The highest BCUT2D eigenvalue weighted by Crippen LogP contribution is 2.35. The van der Waals surface area contributed by atoms with Gasteiger partial charge in [-0.2, -0.15) is 4.99 Å². The summed E-state index contributed by atoms with van der Waals surface area (Å²) >= 11 is 0. The number of imide groups is 1. The van der Waals surface area contributed by atoms with Crippen LogP contribution in [0.15, 0.2) is 35.3 Å². The van der Waals surface area contributed by atoms with Gasteiger partial charge >= 0.3 is 0 Å². The summed E-state index contributed by atoms with van der Waals surface area (Å²) in [6.45, 7) is 2.43. The molecule has 0 bridgehead atoms. The van der Waals surface area contributed by atoms with Crippen molar-refractivity contribution in [2.45, 2.75) is 19.8 Å². The van der Waals surface area contributed by atoms with Crippen molar-refractivity contribution in [2.24, 2.45) is 4.99 Å². The largest absolute Gasteiger partial charge is 0.274 e. The van der Waals surface area contributed by atoms with Crippen LogP contribution in [0.5, 0.6) is 0 Å². The number of hydrogen-bond donors (Lipinski definition) is 0. The molecule has 0 fully saturated rings. The topological polar surface area (TPSA) is 66.8 Å². The van der Waals surface area contributed by atoms with Crippen molar-refractivity contribution in [1.29, 1.82) is 0 Å². The van der Waals surface area contributed by atoms with Gasteiger partial charge in [-0.15, -0.1) is 0 Å². The Morgan fingerprint density at radius 2 is 1.82 bits per heavy atom. The van der Waals surface area contributed by atoms with Gasteiger partial charge in [0.25, 0.3) is 11.8 Å². The van der Waals surface area contributed by atoms with Crippen LogP contribution >= 0.6 is 0 Å². The summed E-state index contributed by atoms with van der Waals surface area (Å²) < 4.78 is 0. The first-order valence-corrected chi connectivity index (χ1v) is 7.18. The fraction of sp³-hybridized carbons (Fsp3) is 0.235. The lowest BCUT2D eigenvalue weighted by Crippen LogP contribution is -2.40. The summed E-state index contributed by atoms with van der Waals surface area (Å²) in [6.07, 6.45) is 3.18. The van der Waals surface area contributed by atoms with Crippen LogP contribution < -0.4 is 0 Å². The number of aliphatic imine (C=N–C) groups is 1. The van der Waals surface area contributed by atoms with E-state index in [1.165, 1.54) is 11.0 Å². The predicted octanol–water partition coefficient (Wildman–Crippen LogP) is 3.20. The maximum atomic E-state index is 12.6. The number of carbonyl (C=O) groups is 2. The highest BCUT2D eigenvalue weighted by molar-refractivity contribution is 6.26. The number of isocyanates is 1. The van der Waals surface area contributed by atoms with Crippen LogP contribution in [0.1, 0.15) is 40.5 Å². The number of nitrogens with zero attached hydrogens (tertiary/aromatic N) is 2. The van der Waals surface area contributed by atoms with E-state index in [2.05, 4.69) is 4.99 Å². The van der Waals surface area contributed by atoms with E-state index in [1.54, 1.807) is 30.3 Å². The number of unbranched alkanes of at least 4 members (excludes halogenated alkanes) is 1. The van der Waals surface area contributed by atoms with Crippen molar-refractivity contribution >= 4 is 34.4 Å². The third-order valence-corrected chi connectivity index (χ3v) is 3.87. The van der Waals surface area contributed by atoms with Gasteiger partial charge in [0.15, 0.2) is 0 Å². The van der Waals surface area contributed by atoms with Crippen molar-refractivity contribution in [1.82, 2.24) is 4.90 Å². The fourth-order valence-corrected chi connectivity index (χ4v) is 2.80. The van der Waals surface area contributed by atoms with Gasteiger partial charge in [0.05, 0.1) is 5.69 Å². The highest BCUT2D eigenvalue weighted by atomic mass is 16.2. The zero-order valence-electron chi connectivity index (χ0n) is 12.1. The van der Waals surface area contributed by atoms with Crippen LogP contribution in [0.3, 0.4) is 0 Å². The van der Waals surface area contributed by atoms with Crippen LogP contribution in [0.25, 0.3) is 10.8 Å². The molecule has 5 nitrogen and oxygen atoms in total. The average Bonchev–Trinajstić information content (AvgIpc) is 2.53. The molecule has 0 radical (unpaired) electrons. The third kappa shape index (κ3) is 2.03. The molecule has 0 atom stereocenters. The molecule has 0 N–H and O–H groups in total. The Labute approximate surface area is 127 Å². The molecule has 22 heavy (non-hydrogen) atoms. The first-order chi connectivity index (χ1) is 10.7. The molecule has 5 heteroatoms. The molecule has 1 heterocycles. The first kappa shape index (κ1) is 14.2. The molecule has 2 aromatic rings. The summed E-state index contributed by atoms with van der Waals surface area (Å²) in [5, 5.41) is 1.19. The monoisotopic (exact) mass is 294 g/mol. The number of rotatable bonds is 4. The Morgan fingerprint density at radius 3 is 2.50 bits per heavy atom. The number of hydrogen-bond acceptors (Lipinski definition) is 4. The standard InChI is InChI=1S/C17H14N2O3/c1-2-3-9-19-16(21)12-6-4-5-11-14(18-10-20)8-7-13(15(11)12)17(19)22/h4-8H,2-3,9H2,1H3. The Kier molecular flexibility index (Phi) is 3.57. The summed E-state index contributed by atoms with van der Waals surface area (Å²) in [6, 6.07) is 8.42. The summed E-state index contributed by atoms with van der Waals surface area (Å²) in [5.74, 6) is -0.576. The van der Waals surface area contributed by atoms with E-state index in [9.17, 15) is 14.4 Å². The van der Waals surface area contributed by atoms with E-state index in [0.717, 1.165) is 12.8 Å². The zero-order valence-corrected chi connectivity index (χ0v) is 12.1. The number of benzene rings is 2. The highest BCUT2D eigenvalue weighted by Gasteiger charge is 2.32. The first-order valence-electron chi connectivity index (χ1n) is 7.18. The SMILES string of the molecule is CCCCN1C(=O)c2cccc3c(N=C=O)ccc(c23)C1=O. The minimum atomic E-state index is -0.288. The van der Waals surface area contributed by atoms with Crippen molar-refractivity contribution in [3.05, 3.63) is 41.5 Å². The molecule has 0 aliphatic carbocycles. The van der Waals surface area contributed by atoms with Gasteiger partial charge in [-0.05, 0) is 24.6 Å². The lowest BCUT2D eigenvalue weighted by molar-refractivity contribution is 0.0608. The Balaban J connectivity index is 2.25. The summed E-state index contributed by atoms with van der Waals surface area (Å²) in [5.41, 5.74) is 1.37. The van der Waals surface area contributed by atoms with E-state index in [1.807, 2.05) is 6.92 Å². The van der Waals surface area contributed by atoms with Crippen LogP contribution in [-0.4, -0.2) is 29.3 Å². The smallest absolute Gasteiger partial charge is 0.261 e. The van der Waals surface area contributed by atoms with Gasteiger partial charge in [-0.25, -0.2) is 4.79 Å². The molecule has 1 aliphatic heterocycles. The quantitative estimate of drug-likeness (QED) is 0.494. The lowest BCUT2D eigenvalue weighted by Gasteiger charge is -2.27. The molecule has 0 spiro atoms. The minimum Gasteiger partial charge on any atom is -0.274 e. The predicted molar refractivity (Wildman–Crippen MR) is 82.0 cm³/mol. The minimum absolute atomic E-state index is 0.288. The normalized spacial score (nSPS) is 13.4. The molecule has 0 aromatic heterocycles. The Morgan fingerprint density at radius 1 is 1.09 bits per heavy atom. The van der Waals surface area contributed by atoms with Crippen LogP contribution in [-0.2, 0) is 4.79 Å². The van der Waals surface area contributed by atoms with E-state index in [0.29, 0.717) is 34.1 Å². The van der Waals surface area contributed by atoms with Crippen molar-refractivity contribution in [2.75, 3.05) is 6.54 Å². The summed E-state index contributed by atoms with van der Waals surface area (Å²) in [7, 11) is 0. The van der Waals surface area contributed by atoms with E-state index in [4.69, 9.17) is 0 Å². The van der Waals surface area contributed by atoms with Gasteiger partial charge in [0, 0.05) is 28.4 Å². The molecule has 0 saturated heterocycles. The van der Waals surface area contributed by atoms with E-state index in [-0.39, 0.29) is 11.8 Å². The van der Waals surface area contributed by atoms with Crippen LogP contribution in [0.4, 0.5) is 5.69 Å². The van der Waals surface area contributed by atoms with Gasteiger partial charge in [-0.1, -0.05) is 25.5 Å². The maximum absolute atomic E-state index is 12.6. The van der Waals surface area contributed by atoms with Gasteiger partial charge in [-0.3, -0.25) is 14.5 Å². The van der Waals surface area contributed by atoms with E-state index >= 15 is 0 Å². The Bertz CT molecular complexity index is 813. The second-order valence-corrected chi connectivity index (χ2v) is 5.18. The van der Waals surface area contributed by atoms with Gasteiger partial charge in [0.1, 0.15) is 0 Å². The molecular formula is C17H14N2O3. The fourth-order valence-electron chi connectivity index (χ4n) is 2.80. The molecule has 1 aliphatic rings. The average molecular weight is 294 g/mol. The number of amides is 2. The molecular weight excluding hydrogens is 280 g/mol. The molecule has 2 amide bonds. The van der Waals surface area contributed by atoms with Gasteiger partial charge < -0.3 is 0 Å². The Hall–Kier alpha value is -2.78.